The van der Waals surface area contributed by atoms with Gasteiger partial charge in [0.25, 0.3) is 5.91 Å². The molecule has 0 radical (unpaired) electrons. The number of hydrogen-bond acceptors (Lipinski definition) is 3. The monoisotopic (exact) mass is 372 g/mol. The number of nitrogens with zero attached hydrogens (tertiary/aromatic N) is 1. The summed E-state index contributed by atoms with van der Waals surface area (Å²) in [5, 5.41) is 1.57. The minimum Gasteiger partial charge on any atom is -0.496 e. The van der Waals surface area contributed by atoms with Crippen LogP contribution in [0.5, 0.6) is 11.5 Å². The van der Waals surface area contributed by atoms with Gasteiger partial charge in [-0.3, -0.25) is 4.79 Å². The second kappa shape index (κ2) is 7.70. The Morgan fingerprint density at radius 3 is 2.73 bits per heavy atom. The van der Waals surface area contributed by atoms with E-state index in [1.54, 1.807) is 31.2 Å². The lowest BCUT2D eigenvalue weighted by Gasteiger charge is -2.18. The standard InChI is InChI=1S/C20H21ClN2O3/c1-4-26-16-7-5-13-10-18(22-17(13)11-16)20(24)23(2)12-14-9-15(21)6-8-19(14)25-3/h5-11,22H,4,12H2,1-3H3. The van der Waals surface area contributed by atoms with E-state index in [2.05, 4.69) is 4.98 Å². The number of carbonyl (C=O) groups excluding carboxylic acids is 1. The van der Waals surface area contributed by atoms with Crippen LogP contribution in [0.2, 0.25) is 5.02 Å². The number of aromatic amines is 1. The van der Waals surface area contributed by atoms with Crippen LogP contribution in [-0.4, -0.2) is 36.6 Å². The number of aromatic nitrogens is 1. The molecule has 2 aromatic carbocycles. The van der Waals surface area contributed by atoms with Crippen LogP contribution in [0.1, 0.15) is 23.0 Å². The molecule has 0 aliphatic carbocycles. The molecule has 0 saturated heterocycles. The molecule has 5 nitrogen and oxygen atoms in total. The topological polar surface area (TPSA) is 54.6 Å². The summed E-state index contributed by atoms with van der Waals surface area (Å²) in [6, 6.07) is 13.0. The Bertz CT molecular complexity index is 936. The van der Waals surface area contributed by atoms with E-state index in [1.165, 1.54) is 0 Å². The molecule has 26 heavy (non-hydrogen) atoms. The average molecular weight is 373 g/mol. The molecule has 1 heterocycles. The van der Waals surface area contributed by atoms with E-state index in [1.807, 2.05) is 37.3 Å². The summed E-state index contributed by atoms with van der Waals surface area (Å²) in [5.41, 5.74) is 2.25. The average Bonchev–Trinajstić information content (AvgIpc) is 3.05. The highest BCUT2D eigenvalue weighted by molar-refractivity contribution is 6.30. The van der Waals surface area contributed by atoms with E-state index in [-0.39, 0.29) is 5.91 Å². The van der Waals surface area contributed by atoms with Gasteiger partial charge in [-0.15, -0.1) is 0 Å². The Hall–Kier alpha value is -2.66. The summed E-state index contributed by atoms with van der Waals surface area (Å²) in [6.45, 7) is 2.93. The predicted molar refractivity (Wildman–Crippen MR) is 103 cm³/mol. The molecule has 1 aromatic heterocycles. The first-order valence-corrected chi connectivity index (χ1v) is 8.73. The predicted octanol–water partition coefficient (Wildman–Crippen LogP) is 4.50. The molecule has 0 saturated carbocycles. The maximum atomic E-state index is 12.8. The van der Waals surface area contributed by atoms with Crippen LogP contribution in [-0.2, 0) is 6.54 Å². The van der Waals surface area contributed by atoms with Crippen molar-refractivity contribution < 1.29 is 14.3 Å². The van der Waals surface area contributed by atoms with E-state index >= 15 is 0 Å². The van der Waals surface area contributed by atoms with Crippen LogP contribution in [0.3, 0.4) is 0 Å². The number of carbonyl (C=O) groups is 1. The van der Waals surface area contributed by atoms with Gasteiger partial charge < -0.3 is 19.4 Å². The van der Waals surface area contributed by atoms with Crippen molar-refractivity contribution in [3.63, 3.8) is 0 Å². The lowest BCUT2D eigenvalue weighted by molar-refractivity contribution is 0.0779. The van der Waals surface area contributed by atoms with Gasteiger partial charge in [-0.2, -0.15) is 0 Å². The van der Waals surface area contributed by atoms with Crippen molar-refractivity contribution >= 4 is 28.4 Å². The maximum Gasteiger partial charge on any atom is 0.270 e. The van der Waals surface area contributed by atoms with E-state index in [0.29, 0.717) is 29.6 Å². The minimum atomic E-state index is -0.110. The number of halogens is 1. The third-order valence-corrected chi connectivity index (χ3v) is 4.37. The van der Waals surface area contributed by atoms with Crippen molar-refractivity contribution in [1.29, 1.82) is 0 Å². The summed E-state index contributed by atoms with van der Waals surface area (Å²) >= 11 is 6.07. The fraction of sp³-hybridized carbons (Fsp3) is 0.250. The van der Waals surface area contributed by atoms with E-state index in [0.717, 1.165) is 22.2 Å². The number of benzene rings is 2. The zero-order valence-electron chi connectivity index (χ0n) is 15.0. The quantitative estimate of drug-likeness (QED) is 0.693. The molecule has 0 aliphatic heterocycles. The van der Waals surface area contributed by atoms with Gasteiger partial charge in [-0.05, 0) is 43.3 Å². The zero-order valence-corrected chi connectivity index (χ0v) is 15.8. The van der Waals surface area contributed by atoms with Gasteiger partial charge in [-0.1, -0.05) is 11.6 Å². The molecule has 3 aromatic rings. The van der Waals surface area contributed by atoms with Gasteiger partial charge >= 0.3 is 0 Å². The second-order valence-corrected chi connectivity index (χ2v) is 6.42. The third kappa shape index (κ3) is 3.78. The first-order chi connectivity index (χ1) is 12.5. The minimum absolute atomic E-state index is 0.110. The number of hydrogen-bond donors (Lipinski definition) is 1. The van der Waals surface area contributed by atoms with E-state index in [4.69, 9.17) is 21.1 Å². The Morgan fingerprint density at radius 2 is 2.00 bits per heavy atom. The molecule has 136 valence electrons. The van der Waals surface area contributed by atoms with Crippen LogP contribution in [0.4, 0.5) is 0 Å². The van der Waals surface area contributed by atoms with Gasteiger partial charge in [0.1, 0.15) is 17.2 Å². The highest BCUT2D eigenvalue weighted by Gasteiger charge is 2.17. The Kier molecular flexibility index (Phi) is 5.38. The van der Waals surface area contributed by atoms with E-state index in [9.17, 15) is 4.79 Å². The largest absolute Gasteiger partial charge is 0.496 e. The van der Waals surface area contributed by atoms with Crippen molar-refractivity contribution in [2.24, 2.45) is 0 Å². The fourth-order valence-electron chi connectivity index (χ4n) is 2.88. The van der Waals surface area contributed by atoms with Gasteiger partial charge in [0.15, 0.2) is 0 Å². The van der Waals surface area contributed by atoms with Crippen molar-refractivity contribution in [3.05, 3.63) is 58.7 Å². The molecule has 0 unspecified atom stereocenters. The summed E-state index contributed by atoms with van der Waals surface area (Å²) in [5.74, 6) is 1.37. The lowest BCUT2D eigenvalue weighted by Crippen LogP contribution is -2.26. The summed E-state index contributed by atoms with van der Waals surface area (Å²) in [6.07, 6.45) is 0. The molecule has 1 N–H and O–H groups in total. The fourth-order valence-corrected chi connectivity index (χ4v) is 3.08. The Balaban J connectivity index is 1.82. The highest BCUT2D eigenvalue weighted by atomic mass is 35.5. The first-order valence-electron chi connectivity index (χ1n) is 8.35. The third-order valence-electron chi connectivity index (χ3n) is 4.13. The Labute approximate surface area is 157 Å². The van der Waals surface area contributed by atoms with Crippen LogP contribution in [0.25, 0.3) is 10.9 Å². The van der Waals surface area contributed by atoms with Crippen LogP contribution < -0.4 is 9.47 Å². The normalized spacial score (nSPS) is 10.8. The highest BCUT2D eigenvalue weighted by Crippen LogP contribution is 2.25. The van der Waals surface area contributed by atoms with Crippen molar-refractivity contribution in [2.45, 2.75) is 13.5 Å². The van der Waals surface area contributed by atoms with Crippen molar-refractivity contribution in [1.82, 2.24) is 9.88 Å². The molecule has 0 atom stereocenters. The number of rotatable bonds is 6. The number of fused-ring (bicyclic) bond motifs is 1. The first kappa shape index (κ1) is 18.1. The number of methoxy groups -OCH3 is 1. The van der Waals surface area contributed by atoms with Crippen LogP contribution >= 0.6 is 11.6 Å². The van der Waals surface area contributed by atoms with Crippen LogP contribution in [0.15, 0.2) is 42.5 Å². The second-order valence-electron chi connectivity index (χ2n) is 5.98. The van der Waals surface area contributed by atoms with Gasteiger partial charge in [0.2, 0.25) is 0 Å². The zero-order chi connectivity index (χ0) is 18.7. The molecule has 1 amide bonds. The van der Waals surface area contributed by atoms with Crippen molar-refractivity contribution in [3.8, 4) is 11.5 Å². The SMILES string of the molecule is CCOc1ccc2cc(C(=O)N(C)Cc3cc(Cl)ccc3OC)[nH]c2c1. The van der Waals surface area contributed by atoms with Gasteiger partial charge in [0, 0.05) is 41.1 Å². The summed E-state index contributed by atoms with van der Waals surface area (Å²) in [4.78, 5) is 17.6. The van der Waals surface area contributed by atoms with E-state index < -0.39 is 0 Å². The summed E-state index contributed by atoms with van der Waals surface area (Å²) < 4.78 is 10.9. The number of nitrogens with one attached hydrogen (secondary N) is 1. The molecule has 0 aliphatic rings. The maximum absolute atomic E-state index is 12.8. The molecule has 0 bridgehead atoms. The molecule has 0 fully saturated rings. The number of H-pyrrole nitrogens is 1. The molecule has 0 spiro atoms. The molecular formula is C20H21ClN2O3. The molecule has 6 heteroatoms. The van der Waals surface area contributed by atoms with Gasteiger partial charge in [0.05, 0.1) is 13.7 Å². The Morgan fingerprint density at radius 1 is 1.19 bits per heavy atom. The molecular weight excluding hydrogens is 352 g/mol. The van der Waals surface area contributed by atoms with Crippen LogP contribution in [0, 0.1) is 0 Å². The summed E-state index contributed by atoms with van der Waals surface area (Å²) in [7, 11) is 3.35. The smallest absolute Gasteiger partial charge is 0.270 e. The van der Waals surface area contributed by atoms with Crippen molar-refractivity contribution in [2.75, 3.05) is 20.8 Å². The van der Waals surface area contributed by atoms with Gasteiger partial charge in [-0.25, -0.2) is 0 Å². The number of ether oxygens (including phenoxy) is 2. The molecule has 3 rings (SSSR count). The number of amides is 1. The lowest BCUT2D eigenvalue weighted by atomic mass is 10.2.